The maximum Gasteiger partial charge on any atom is 0.384 e. The number of benzene rings is 1. The van der Waals surface area contributed by atoms with Crippen LogP contribution >= 0.6 is 0 Å². The van der Waals surface area contributed by atoms with Crippen molar-refractivity contribution in [3.05, 3.63) is 35.1 Å². The molecule has 0 heterocycles. The summed E-state index contributed by atoms with van der Waals surface area (Å²) < 4.78 is 18.0. The van der Waals surface area contributed by atoms with E-state index < -0.39 is 11.8 Å². The first-order chi connectivity index (χ1) is 7.69. The molecular formula is C12H8FNO2. The molecule has 3 nitrogen and oxygen atoms in total. The Morgan fingerprint density at radius 2 is 2.19 bits per heavy atom. The molecule has 0 saturated heterocycles. The van der Waals surface area contributed by atoms with Gasteiger partial charge >= 0.3 is 5.97 Å². The lowest BCUT2D eigenvalue weighted by Gasteiger charge is -1.95. The van der Waals surface area contributed by atoms with Crippen LogP contribution in [0, 0.1) is 29.0 Å². The molecule has 0 radical (unpaired) electrons. The van der Waals surface area contributed by atoms with Crippen LogP contribution < -0.4 is 0 Å². The van der Waals surface area contributed by atoms with Crippen LogP contribution in [0.4, 0.5) is 4.39 Å². The minimum atomic E-state index is -0.721. The van der Waals surface area contributed by atoms with E-state index in [9.17, 15) is 9.18 Å². The van der Waals surface area contributed by atoms with E-state index in [2.05, 4.69) is 16.6 Å². The number of nitriles is 1. The van der Waals surface area contributed by atoms with Gasteiger partial charge in [-0.25, -0.2) is 9.18 Å². The van der Waals surface area contributed by atoms with Gasteiger partial charge in [-0.15, -0.1) is 0 Å². The lowest BCUT2D eigenvalue weighted by molar-refractivity contribution is -0.136. The van der Waals surface area contributed by atoms with E-state index in [0.29, 0.717) is 0 Å². The highest BCUT2D eigenvalue weighted by Gasteiger charge is 2.05. The Morgan fingerprint density at radius 3 is 2.81 bits per heavy atom. The van der Waals surface area contributed by atoms with Gasteiger partial charge in [-0.1, -0.05) is 12.0 Å². The van der Waals surface area contributed by atoms with Gasteiger partial charge in [-0.2, -0.15) is 5.26 Å². The Kier molecular flexibility index (Phi) is 4.06. The fraction of sp³-hybridized carbons (Fsp3) is 0.167. The van der Waals surface area contributed by atoms with Gasteiger partial charge in [0.05, 0.1) is 17.7 Å². The lowest BCUT2D eigenvalue weighted by atomic mass is 10.1. The predicted molar refractivity (Wildman–Crippen MR) is 54.6 cm³/mol. The molecule has 0 spiro atoms. The number of hydrogen-bond donors (Lipinski definition) is 0. The van der Waals surface area contributed by atoms with Crippen molar-refractivity contribution < 1.29 is 13.9 Å². The lowest BCUT2D eigenvalue weighted by Crippen LogP contribution is -2.00. The van der Waals surface area contributed by atoms with Crippen LogP contribution in [0.1, 0.15) is 18.1 Å². The Hall–Kier alpha value is -2.33. The number of rotatable bonds is 1. The van der Waals surface area contributed by atoms with Crippen LogP contribution in [-0.2, 0) is 9.53 Å². The number of hydrogen-bond acceptors (Lipinski definition) is 3. The van der Waals surface area contributed by atoms with E-state index in [-0.39, 0.29) is 17.7 Å². The van der Waals surface area contributed by atoms with Gasteiger partial charge in [0.1, 0.15) is 6.07 Å². The zero-order valence-corrected chi connectivity index (χ0v) is 8.58. The second kappa shape index (κ2) is 5.53. The highest BCUT2D eigenvalue weighted by molar-refractivity contribution is 5.89. The quantitative estimate of drug-likeness (QED) is 0.530. The Labute approximate surface area is 92.5 Å². The third-order valence-corrected chi connectivity index (χ3v) is 1.69. The molecule has 4 heteroatoms. The molecule has 0 bridgehead atoms. The summed E-state index contributed by atoms with van der Waals surface area (Å²) in [6.45, 7) is 1.87. The van der Waals surface area contributed by atoms with Crippen molar-refractivity contribution >= 4 is 5.97 Å². The van der Waals surface area contributed by atoms with Gasteiger partial charge in [0.15, 0.2) is 5.82 Å². The maximum atomic E-state index is 13.4. The fourth-order valence-corrected chi connectivity index (χ4v) is 1.00. The van der Waals surface area contributed by atoms with Crippen molar-refractivity contribution in [2.45, 2.75) is 6.92 Å². The number of halogens is 1. The molecule has 0 aliphatic carbocycles. The first-order valence-electron chi connectivity index (χ1n) is 4.56. The first-order valence-corrected chi connectivity index (χ1v) is 4.56. The van der Waals surface area contributed by atoms with Gasteiger partial charge < -0.3 is 4.74 Å². The number of esters is 1. The zero-order chi connectivity index (χ0) is 12.0. The smallest absolute Gasteiger partial charge is 0.384 e. The van der Waals surface area contributed by atoms with E-state index in [1.807, 2.05) is 0 Å². The minimum absolute atomic E-state index is 0.00658. The molecule has 16 heavy (non-hydrogen) atoms. The maximum absolute atomic E-state index is 13.4. The van der Waals surface area contributed by atoms with Crippen LogP contribution in [-0.4, -0.2) is 12.6 Å². The van der Waals surface area contributed by atoms with Gasteiger partial charge in [-0.3, -0.25) is 0 Å². The Bertz CT molecular complexity index is 506. The van der Waals surface area contributed by atoms with Crippen molar-refractivity contribution in [3.8, 4) is 17.9 Å². The summed E-state index contributed by atoms with van der Waals surface area (Å²) in [6.07, 6.45) is 0. The summed E-state index contributed by atoms with van der Waals surface area (Å²) in [5, 5.41) is 8.57. The molecule has 0 amide bonds. The summed E-state index contributed by atoms with van der Waals surface area (Å²) in [6, 6.07) is 5.92. The monoisotopic (exact) mass is 217 g/mol. The number of carbonyl (C=O) groups is 1. The van der Waals surface area contributed by atoms with Gasteiger partial charge in [0, 0.05) is 5.92 Å². The van der Waals surface area contributed by atoms with Crippen LogP contribution in [0.5, 0.6) is 0 Å². The molecule has 0 atom stereocenters. The normalized spacial score (nSPS) is 8.56. The molecule has 1 rings (SSSR count). The van der Waals surface area contributed by atoms with Gasteiger partial charge in [-0.05, 0) is 19.1 Å². The third-order valence-electron chi connectivity index (χ3n) is 1.69. The summed E-state index contributed by atoms with van der Waals surface area (Å²) in [5.41, 5.74) is -0.0947. The van der Waals surface area contributed by atoms with E-state index in [1.54, 1.807) is 13.0 Å². The highest BCUT2D eigenvalue weighted by Crippen LogP contribution is 2.10. The average Bonchev–Trinajstić information content (AvgIpc) is 2.28. The van der Waals surface area contributed by atoms with Crippen molar-refractivity contribution in [3.63, 3.8) is 0 Å². The molecule has 0 fully saturated rings. The highest BCUT2D eigenvalue weighted by atomic mass is 19.1. The Balaban J connectivity index is 2.99. The molecule has 0 saturated carbocycles. The second-order valence-electron chi connectivity index (χ2n) is 2.75. The molecule has 1 aromatic rings. The summed E-state index contributed by atoms with van der Waals surface area (Å²) in [4.78, 5) is 10.9. The van der Waals surface area contributed by atoms with Gasteiger partial charge in [0.2, 0.25) is 0 Å². The molecule has 0 aromatic heterocycles. The van der Waals surface area contributed by atoms with Crippen molar-refractivity contribution in [2.75, 3.05) is 6.61 Å². The molecule has 0 N–H and O–H groups in total. The van der Waals surface area contributed by atoms with Crippen LogP contribution in [0.15, 0.2) is 18.2 Å². The van der Waals surface area contributed by atoms with E-state index >= 15 is 0 Å². The van der Waals surface area contributed by atoms with Crippen LogP contribution in [0.25, 0.3) is 0 Å². The first kappa shape index (κ1) is 11.7. The van der Waals surface area contributed by atoms with Crippen LogP contribution in [0.3, 0.4) is 0 Å². The van der Waals surface area contributed by atoms with Gasteiger partial charge in [0.25, 0.3) is 0 Å². The average molecular weight is 217 g/mol. The fourth-order valence-electron chi connectivity index (χ4n) is 1.00. The number of ether oxygens (including phenoxy) is 1. The Morgan fingerprint density at radius 1 is 1.50 bits per heavy atom. The van der Waals surface area contributed by atoms with E-state index in [1.165, 1.54) is 18.2 Å². The second-order valence-corrected chi connectivity index (χ2v) is 2.75. The zero-order valence-electron chi connectivity index (χ0n) is 8.58. The SMILES string of the molecule is CCOC(=O)C#Cc1cccc(C#N)c1F. The van der Waals surface area contributed by atoms with E-state index in [4.69, 9.17) is 5.26 Å². The molecular weight excluding hydrogens is 209 g/mol. The van der Waals surface area contributed by atoms with Crippen LogP contribution in [0.2, 0.25) is 0 Å². The summed E-state index contributed by atoms with van der Waals surface area (Å²) in [5.74, 6) is 3.01. The topological polar surface area (TPSA) is 50.1 Å². The largest absolute Gasteiger partial charge is 0.456 e. The minimum Gasteiger partial charge on any atom is -0.456 e. The summed E-state index contributed by atoms with van der Waals surface area (Å²) in [7, 11) is 0. The van der Waals surface area contributed by atoms with Crippen molar-refractivity contribution in [1.82, 2.24) is 0 Å². The van der Waals surface area contributed by atoms with Crippen molar-refractivity contribution in [1.29, 1.82) is 5.26 Å². The van der Waals surface area contributed by atoms with E-state index in [0.717, 1.165) is 0 Å². The number of carbonyl (C=O) groups excluding carboxylic acids is 1. The van der Waals surface area contributed by atoms with Crippen molar-refractivity contribution in [2.24, 2.45) is 0 Å². The summed E-state index contributed by atoms with van der Waals surface area (Å²) >= 11 is 0. The predicted octanol–water partition coefficient (Wildman–Crippen LogP) is 1.61. The molecule has 0 aliphatic rings. The molecule has 80 valence electrons. The molecule has 0 unspecified atom stereocenters. The third kappa shape index (κ3) is 2.83. The molecule has 0 aliphatic heterocycles. The number of nitrogens with zero attached hydrogens (tertiary/aromatic N) is 1. The molecule has 1 aromatic carbocycles. The standard InChI is InChI=1S/C12H8FNO2/c1-2-16-11(15)7-6-9-4-3-5-10(8-14)12(9)13/h3-5H,2H2,1H3.